The fourth-order valence-electron chi connectivity index (χ4n) is 5.07. The molecular weight excluding hydrogens is 502 g/mol. The van der Waals surface area contributed by atoms with Crippen molar-refractivity contribution < 1.29 is 24.9 Å². The topological polar surface area (TPSA) is 168 Å². The van der Waals surface area contributed by atoms with Gasteiger partial charge in [-0.25, -0.2) is 4.79 Å². The van der Waals surface area contributed by atoms with Crippen molar-refractivity contribution in [3.8, 4) is 0 Å². The number of nitrogens with two attached hydrogens (primary N) is 1. The number of nitrogens with one attached hydrogen (secondary N) is 1. The molecule has 10 nitrogen and oxygen atoms in total. The van der Waals surface area contributed by atoms with Crippen molar-refractivity contribution in [2.24, 2.45) is 5.73 Å². The van der Waals surface area contributed by atoms with E-state index in [-0.39, 0.29) is 5.78 Å². The second-order valence-corrected chi connectivity index (χ2v) is 9.59. The van der Waals surface area contributed by atoms with Crippen LogP contribution in [0.25, 0.3) is 32.3 Å². The van der Waals surface area contributed by atoms with Gasteiger partial charge in [-0.2, -0.15) is 0 Å². The smallest absolute Gasteiger partial charge is 0.330 e. The van der Waals surface area contributed by atoms with Crippen molar-refractivity contribution in [3.05, 3.63) is 93.3 Å². The van der Waals surface area contributed by atoms with Gasteiger partial charge in [0.05, 0.1) is 12.6 Å². The number of benzene rings is 4. The predicted molar refractivity (Wildman–Crippen MR) is 147 cm³/mol. The number of nitrogens with zero attached hydrogens (tertiary/aromatic N) is 1. The van der Waals surface area contributed by atoms with Crippen LogP contribution >= 0.6 is 0 Å². The lowest BCUT2D eigenvalue weighted by Crippen LogP contribution is -2.37. The van der Waals surface area contributed by atoms with Crippen molar-refractivity contribution in [3.63, 3.8) is 0 Å². The van der Waals surface area contributed by atoms with Crippen molar-refractivity contribution >= 4 is 38.1 Å². The zero-order valence-corrected chi connectivity index (χ0v) is 21.2. The van der Waals surface area contributed by atoms with Crippen LogP contribution in [-0.2, 0) is 4.74 Å². The largest absolute Gasteiger partial charge is 0.394 e. The average molecular weight is 532 g/mol. The minimum atomic E-state index is -1.35. The van der Waals surface area contributed by atoms with E-state index in [1.54, 1.807) is 0 Å². The number of carbonyl (C=O) groups excluding carboxylic acids is 1. The lowest BCUT2D eigenvalue weighted by Gasteiger charge is -2.16. The summed E-state index contributed by atoms with van der Waals surface area (Å²) in [6.45, 7) is 1.46. The van der Waals surface area contributed by atoms with Crippen LogP contribution in [0.1, 0.15) is 29.9 Å². The summed E-state index contributed by atoms with van der Waals surface area (Å²) in [5.74, 6) is 0.0282. The monoisotopic (exact) mass is 531 g/mol. The second-order valence-electron chi connectivity index (χ2n) is 9.59. The normalized spacial score (nSPS) is 21.8. The van der Waals surface area contributed by atoms with Gasteiger partial charge in [0.2, 0.25) is 0 Å². The van der Waals surface area contributed by atoms with Crippen molar-refractivity contribution in [1.29, 1.82) is 0 Å². The molecule has 0 aliphatic carbocycles. The molecule has 1 unspecified atom stereocenters. The van der Waals surface area contributed by atoms with E-state index in [2.05, 4.69) is 42.5 Å². The highest BCUT2D eigenvalue weighted by atomic mass is 16.6. The summed E-state index contributed by atoms with van der Waals surface area (Å²) in [4.78, 5) is 36.9. The number of aliphatic hydroxyl groups excluding tert-OH is 3. The van der Waals surface area contributed by atoms with Crippen LogP contribution in [0.4, 0.5) is 0 Å². The maximum absolute atomic E-state index is 12.6. The number of carbonyl (C=O) groups is 1. The molecule has 4 aromatic carbocycles. The molecule has 2 heterocycles. The van der Waals surface area contributed by atoms with Gasteiger partial charge in [0, 0.05) is 17.8 Å². The zero-order chi connectivity index (χ0) is 27.8. The van der Waals surface area contributed by atoms with E-state index in [1.807, 2.05) is 24.0 Å². The molecule has 0 amide bonds. The minimum absolute atomic E-state index is 0.0282. The summed E-state index contributed by atoms with van der Waals surface area (Å²) in [6, 6.07) is 19.3. The molecule has 5 atom stereocenters. The van der Waals surface area contributed by atoms with E-state index in [4.69, 9.17) is 15.6 Å². The summed E-state index contributed by atoms with van der Waals surface area (Å²) in [7, 11) is 0. The maximum atomic E-state index is 12.6. The van der Waals surface area contributed by atoms with Crippen LogP contribution in [0.2, 0.25) is 0 Å². The Kier molecular flexibility index (Phi) is 7.30. The zero-order valence-electron chi connectivity index (χ0n) is 21.2. The fraction of sp³-hybridized carbons (Fsp3) is 0.276. The van der Waals surface area contributed by atoms with Gasteiger partial charge in [0.15, 0.2) is 12.0 Å². The molecule has 1 aliphatic heterocycles. The van der Waals surface area contributed by atoms with Crippen molar-refractivity contribution in [2.75, 3.05) is 6.61 Å². The lowest BCUT2D eigenvalue weighted by molar-refractivity contribution is -0.0550. The molecule has 1 aliphatic rings. The van der Waals surface area contributed by atoms with Crippen LogP contribution in [0.5, 0.6) is 0 Å². The Morgan fingerprint density at radius 1 is 0.974 bits per heavy atom. The highest BCUT2D eigenvalue weighted by Crippen LogP contribution is 2.36. The van der Waals surface area contributed by atoms with Crippen LogP contribution in [-0.4, -0.2) is 61.6 Å². The Labute approximate surface area is 222 Å². The molecule has 10 heteroatoms. The van der Waals surface area contributed by atoms with Gasteiger partial charge in [0.1, 0.15) is 18.3 Å². The van der Waals surface area contributed by atoms with E-state index in [0.29, 0.717) is 6.42 Å². The molecule has 0 bridgehead atoms. The molecular formula is C29H29N3O7. The van der Waals surface area contributed by atoms with Gasteiger partial charge in [-0.05, 0) is 38.7 Å². The maximum Gasteiger partial charge on any atom is 0.330 e. The quantitative estimate of drug-likeness (QED) is 0.169. The standard InChI is InChI=1S/C20H17NO.C9H12N2O6/c1-2-17(21)20(22)16-11-9-14-7-6-12-4-3-5-13-8-10-15(16)19(14)18(12)13;12-3-4-6(14)7(15)8(17-4)11-2-1-5(13)10-9(11)16/h3-11,17H,2,21H2,1H3;1-2,4,6-8,12,14-15H,3H2,(H,10,13,16)/t;4-,6-,7-,8-/m.1/s1. The summed E-state index contributed by atoms with van der Waals surface area (Å²) in [6.07, 6.45) is -2.93. The number of Topliss-reactive ketones (excluding diaryl/α,β-unsaturated/α-hetero) is 1. The lowest BCUT2D eigenvalue weighted by atomic mass is 9.89. The van der Waals surface area contributed by atoms with Crippen LogP contribution in [0.15, 0.2) is 76.4 Å². The number of hydrogen-bond donors (Lipinski definition) is 5. The summed E-state index contributed by atoms with van der Waals surface area (Å²) in [5.41, 5.74) is 5.38. The number of H-pyrrole nitrogens is 1. The van der Waals surface area contributed by atoms with Gasteiger partial charge < -0.3 is 25.8 Å². The molecule has 0 saturated carbocycles. The number of ether oxygens (including phenoxy) is 1. The highest BCUT2D eigenvalue weighted by Gasteiger charge is 2.43. The highest BCUT2D eigenvalue weighted by molar-refractivity contribution is 6.26. The Bertz CT molecular complexity index is 1750. The van der Waals surface area contributed by atoms with Crippen LogP contribution < -0.4 is 17.0 Å². The first-order chi connectivity index (χ1) is 18.7. The van der Waals surface area contributed by atoms with Gasteiger partial charge in [0.25, 0.3) is 5.56 Å². The van der Waals surface area contributed by atoms with E-state index >= 15 is 0 Å². The third kappa shape index (κ3) is 4.73. The minimum Gasteiger partial charge on any atom is -0.394 e. The first kappa shape index (κ1) is 26.7. The van der Waals surface area contributed by atoms with Crippen molar-refractivity contribution in [1.82, 2.24) is 9.55 Å². The first-order valence-electron chi connectivity index (χ1n) is 12.7. The van der Waals surface area contributed by atoms with Crippen LogP contribution in [0.3, 0.4) is 0 Å². The van der Waals surface area contributed by atoms with E-state index in [0.717, 1.165) is 27.8 Å². The van der Waals surface area contributed by atoms with E-state index in [9.17, 15) is 24.6 Å². The Morgan fingerprint density at radius 3 is 2.23 bits per heavy atom. The third-order valence-corrected chi connectivity index (χ3v) is 7.21. The van der Waals surface area contributed by atoms with Gasteiger partial charge in [-0.3, -0.25) is 19.1 Å². The average Bonchev–Trinajstić information content (AvgIpc) is 3.24. The summed E-state index contributed by atoms with van der Waals surface area (Å²) >= 11 is 0. The van der Waals surface area contributed by atoms with Crippen LogP contribution in [0, 0.1) is 0 Å². The molecule has 6 rings (SSSR count). The van der Waals surface area contributed by atoms with Crippen molar-refractivity contribution in [2.45, 2.75) is 43.9 Å². The third-order valence-electron chi connectivity index (χ3n) is 7.21. The van der Waals surface area contributed by atoms with E-state index < -0.39 is 48.4 Å². The summed E-state index contributed by atoms with van der Waals surface area (Å²) < 4.78 is 6.08. The number of aromatic amines is 1. The van der Waals surface area contributed by atoms with Gasteiger partial charge in [-0.15, -0.1) is 0 Å². The molecule has 202 valence electrons. The molecule has 39 heavy (non-hydrogen) atoms. The second kappa shape index (κ2) is 10.7. The molecule has 1 aromatic heterocycles. The molecule has 1 fully saturated rings. The Balaban J connectivity index is 0.000000164. The molecule has 0 spiro atoms. The summed E-state index contributed by atoms with van der Waals surface area (Å²) in [5, 5.41) is 35.1. The van der Waals surface area contributed by atoms with Gasteiger partial charge in [-0.1, -0.05) is 61.5 Å². The fourth-order valence-corrected chi connectivity index (χ4v) is 5.07. The number of rotatable bonds is 5. The number of aromatic nitrogens is 2. The molecule has 6 N–H and O–H groups in total. The SMILES string of the molecule is CCC(N)C(=O)c1ccc2ccc3cccc4ccc1c2c34.O=c1ccn([C@@H]2O[C@H](CO)[C@@H](O)[C@H]2O)c(=O)[nH]1. The van der Waals surface area contributed by atoms with E-state index in [1.165, 1.54) is 26.9 Å². The number of aliphatic hydroxyl groups is 3. The Morgan fingerprint density at radius 2 is 1.62 bits per heavy atom. The van der Waals surface area contributed by atoms with Gasteiger partial charge >= 0.3 is 5.69 Å². The first-order valence-corrected chi connectivity index (χ1v) is 12.7. The molecule has 1 saturated heterocycles. The Hall–Kier alpha value is -3.93. The molecule has 0 radical (unpaired) electrons. The molecule has 5 aromatic rings. The number of hydrogen-bond acceptors (Lipinski definition) is 8. The number of ketones is 1. The predicted octanol–water partition coefficient (Wildman–Crippen LogP) is 1.65.